The second-order valence-corrected chi connectivity index (χ2v) is 12.2. The predicted octanol–water partition coefficient (Wildman–Crippen LogP) is 1.68. The van der Waals surface area contributed by atoms with E-state index in [-0.39, 0.29) is 36.1 Å². The number of carbonyl (C=O) groups excluding carboxylic acids is 4. The number of aromatic nitrogens is 1. The molecule has 1 aliphatic rings. The van der Waals surface area contributed by atoms with Crippen molar-refractivity contribution in [3.8, 4) is 0 Å². The smallest absolute Gasteiger partial charge is 0.270 e. The quantitative estimate of drug-likeness (QED) is 0.210. The molecule has 2 aromatic carbocycles. The van der Waals surface area contributed by atoms with Gasteiger partial charge >= 0.3 is 0 Å². The molecular formula is C33H42N6O5. The van der Waals surface area contributed by atoms with Gasteiger partial charge in [-0.15, -0.1) is 0 Å². The van der Waals surface area contributed by atoms with Gasteiger partial charge in [0.25, 0.3) is 5.91 Å². The average Bonchev–Trinajstić information content (AvgIpc) is 3.50. The summed E-state index contributed by atoms with van der Waals surface area (Å²) in [6, 6.07) is 17.4. The molecule has 0 saturated carbocycles. The number of nitrogens with one attached hydrogen (secondary N) is 3. The fourth-order valence-electron chi connectivity index (χ4n) is 5.58. The lowest BCUT2D eigenvalue weighted by Gasteiger charge is -2.36. The van der Waals surface area contributed by atoms with E-state index in [4.69, 9.17) is 5.73 Å². The maximum atomic E-state index is 13.5. The average molecular weight is 603 g/mol. The number of primary amides is 1. The highest BCUT2D eigenvalue weighted by atomic mass is 16.3. The van der Waals surface area contributed by atoms with Gasteiger partial charge in [0.15, 0.2) is 0 Å². The van der Waals surface area contributed by atoms with Crippen molar-refractivity contribution in [2.75, 3.05) is 13.1 Å². The molecule has 4 rings (SSSR count). The topological polar surface area (TPSA) is 167 Å². The Labute approximate surface area is 257 Å². The summed E-state index contributed by atoms with van der Waals surface area (Å²) >= 11 is 0. The van der Waals surface area contributed by atoms with Crippen molar-refractivity contribution < 1.29 is 24.3 Å². The molecule has 0 spiro atoms. The lowest BCUT2D eigenvalue weighted by atomic mass is 9.99. The number of amides is 4. The molecule has 6 N–H and O–H groups in total. The second kappa shape index (κ2) is 14.4. The highest BCUT2D eigenvalue weighted by molar-refractivity contribution is 5.99. The fraction of sp³-hybridized carbons (Fsp3) is 0.424. The minimum absolute atomic E-state index is 0.0748. The van der Waals surface area contributed by atoms with Gasteiger partial charge in [-0.1, -0.05) is 54.6 Å². The number of nitrogens with zero attached hydrogens (tertiary/aromatic N) is 2. The first-order chi connectivity index (χ1) is 20.9. The Balaban J connectivity index is 1.47. The monoisotopic (exact) mass is 602 g/mol. The number of fused-ring (bicyclic) bond motifs is 1. The van der Waals surface area contributed by atoms with Crippen LogP contribution in [0.3, 0.4) is 0 Å². The maximum absolute atomic E-state index is 13.5. The van der Waals surface area contributed by atoms with E-state index in [0.29, 0.717) is 5.52 Å². The number of rotatable bonds is 12. The van der Waals surface area contributed by atoms with Gasteiger partial charge in [0.2, 0.25) is 17.7 Å². The van der Waals surface area contributed by atoms with E-state index in [9.17, 15) is 24.3 Å². The van der Waals surface area contributed by atoms with E-state index >= 15 is 0 Å². The summed E-state index contributed by atoms with van der Waals surface area (Å²) in [5.74, 6) is -2.31. The summed E-state index contributed by atoms with van der Waals surface area (Å²) in [4.78, 5) is 58.1. The summed E-state index contributed by atoms with van der Waals surface area (Å²) in [6.45, 7) is 6.92. The van der Waals surface area contributed by atoms with E-state index in [0.717, 1.165) is 30.3 Å². The van der Waals surface area contributed by atoms with Crippen molar-refractivity contribution in [2.45, 2.75) is 76.2 Å². The van der Waals surface area contributed by atoms with E-state index in [2.05, 4.69) is 46.6 Å². The molecule has 2 heterocycles. The molecule has 1 saturated heterocycles. The molecule has 0 radical (unpaired) electrons. The third kappa shape index (κ3) is 8.61. The molecule has 11 heteroatoms. The van der Waals surface area contributed by atoms with Crippen molar-refractivity contribution in [2.24, 2.45) is 5.73 Å². The summed E-state index contributed by atoms with van der Waals surface area (Å²) in [7, 11) is 0. The molecule has 11 nitrogen and oxygen atoms in total. The highest BCUT2D eigenvalue weighted by Crippen LogP contribution is 2.26. The first-order valence-electron chi connectivity index (χ1n) is 14.9. The van der Waals surface area contributed by atoms with Crippen LogP contribution in [0.5, 0.6) is 0 Å². The Morgan fingerprint density at radius 3 is 2.41 bits per heavy atom. The van der Waals surface area contributed by atoms with Crippen LogP contribution in [0.25, 0.3) is 10.9 Å². The molecular weight excluding hydrogens is 560 g/mol. The lowest BCUT2D eigenvalue weighted by Crippen LogP contribution is -2.57. The van der Waals surface area contributed by atoms with Gasteiger partial charge in [-0.2, -0.15) is 0 Å². The van der Waals surface area contributed by atoms with Crippen molar-refractivity contribution in [3.63, 3.8) is 0 Å². The number of benzene rings is 2. The zero-order valence-corrected chi connectivity index (χ0v) is 25.5. The molecule has 0 bridgehead atoms. The molecule has 44 heavy (non-hydrogen) atoms. The standard InChI is InChI=1S/C33H42N6O5/c1-33(2,3)39-17-9-14-27(39)32(44)35-20-28(40)25(18-21-10-5-4-6-11-21)37-31(43)26(19-29(34)41)38-30(42)24-16-15-22-12-7-8-13-23(22)36-24/h4-8,10-13,15-16,25-28,40H,9,14,17-20H2,1-3H3,(H2,34,41)(H,35,44)(H,37,43)(H,38,42)/t25-,26-,27-,28+/m0/s1. The molecule has 4 amide bonds. The minimum atomic E-state index is -1.31. The third-order valence-electron chi connectivity index (χ3n) is 7.85. The molecule has 0 aliphatic carbocycles. The SMILES string of the molecule is CC(C)(C)N1CCC[C@H]1C(=O)NC[C@@H](O)[C@H](Cc1ccccc1)NC(=O)[C@H](CC(N)=O)NC(=O)c1ccc2ccccc2n1. The number of hydrogen-bond donors (Lipinski definition) is 5. The lowest BCUT2D eigenvalue weighted by molar-refractivity contribution is -0.128. The van der Waals surface area contributed by atoms with Gasteiger partial charge in [0, 0.05) is 17.5 Å². The van der Waals surface area contributed by atoms with Gasteiger partial charge in [-0.3, -0.25) is 24.1 Å². The summed E-state index contributed by atoms with van der Waals surface area (Å²) in [5, 5.41) is 20.3. The van der Waals surface area contributed by atoms with Crippen molar-refractivity contribution in [3.05, 3.63) is 78.0 Å². The van der Waals surface area contributed by atoms with E-state index in [1.807, 2.05) is 42.5 Å². The van der Waals surface area contributed by atoms with Crippen LogP contribution in [-0.4, -0.2) is 81.5 Å². The Morgan fingerprint density at radius 2 is 1.70 bits per heavy atom. The van der Waals surface area contributed by atoms with Gasteiger partial charge in [-0.25, -0.2) is 4.98 Å². The normalized spacial score (nSPS) is 17.4. The molecule has 0 unspecified atom stereocenters. The van der Waals surface area contributed by atoms with E-state index < -0.39 is 42.3 Å². The number of para-hydroxylation sites is 1. The van der Waals surface area contributed by atoms with Crippen molar-refractivity contribution in [1.29, 1.82) is 0 Å². The van der Waals surface area contributed by atoms with Crippen molar-refractivity contribution >= 4 is 34.5 Å². The van der Waals surface area contributed by atoms with Crippen LogP contribution in [0, 0.1) is 0 Å². The highest BCUT2D eigenvalue weighted by Gasteiger charge is 2.37. The van der Waals surface area contributed by atoms with Crippen LogP contribution in [0.15, 0.2) is 66.7 Å². The summed E-state index contributed by atoms with van der Waals surface area (Å²) in [6.07, 6.45) is 0.251. The number of nitrogens with two attached hydrogens (primary N) is 1. The summed E-state index contributed by atoms with van der Waals surface area (Å²) in [5.41, 5.74) is 6.77. The van der Waals surface area contributed by atoms with Gasteiger partial charge in [0.05, 0.1) is 30.1 Å². The van der Waals surface area contributed by atoms with Crippen LogP contribution in [0.2, 0.25) is 0 Å². The number of aliphatic hydroxyl groups excluding tert-OH is 1. The Morgan fingerprint density at radius 1 is 1.00 bits per heavy atom. The zero-order chi connectivity index (χ0) is 31.9. The first-order valence-corrected chi connectivity index (χ1v) is 14.9. The number of likely N-dealkylation sites (tertiary alicyclic amines) is 1. The van der Waals surface area contributed by atoms with Gasteiger partial charge in [-0.05, 0) is 64.3 Å². The van der Waals surface area contributed by atoms with Gasteiger partial charge < -0.3 is 26.8 Å². The Bertz CT molecular complexity index is 1470. The molecule has 4 atom stereocenters. The van der Waals surface area contributed by atoms with Crippen LogP contribution < -0.4 is 21.7 Å². The predicted molar refractivity (Wildman–Crippen MR) is 167 cm³/mol. The Hall–Kier alpha value is -4.35. The molecule has 3 aromatic rings. The summed E-state index contributed by atoms with van der Waals surface area (Å²) < 4.78 is 0. The van der Waals surface area contributed by atoms with Crippen LogP contribution >= 0.6 is 0 Å². The molecule has 1 aliphatic heterocycles. The molecule has 1 fully saturated rings. The molecule has 234 valence electrons. The molecule has 1 aromatic heterocycles. The van der Waals surface area contributed by atoms with Gasteiger partial charge in [0.1, 0.15) is 11.7 Å². The van der Waals surface area contributed by atoms with Crippen LogP contribution in [0.4, 0.5) is 0 Å². The maximum Gasteiger partial charge on any atom is 0.270 e. The number of hydrogen-bond acceptors (Lipinski definition) is 7. The third-order valence-corrected chi connectivity index (χ3v) is 7.85. The van der Waals surface area contributed by atoms with E-state index in [1.54, 1.807) is 18.2 Å². The Kier molecular flexibility index (Phi) is 10.7. The number of aliphatic hydroxyl groups is 1. The second-order valence-electron chi connectivity index (χ2n) is 12.2. The number of pyridine rings is 1. The number of carbonyl (C=O) groups is 4. The zero-order valence-electron chi connectivity index (χ0n) is 25.5. The van der Waals surface area contributed by atoms with Crippen LogP contribution in [0.1, 0.15) is 56.1 Å². The largest absolute Gasteiger partial charge is 0.389 e. The first kappa shape index (κ1) is 32.6. The van der Waals surface area contributed by atoms with Crippen LogP contribution in [-0.2, 0) is 20.8 Å². The fourth-order valence-corrected chi connectivity index (χ4v) is 5.58. The van der Waals surface area contributed by atoms with Crippen molar-refractivity contribution in [1.82, 2.24) is 25.8 Å². The minimum Gasteiger partial charge on any atom is -0.389 e. The van der Waals surface area contributed by atoms with E-state index in [1.165, 1.54) is 6.07 Å².